The first-order valence-corrected chi connectivity index (χ1v) is 5.91. The molecule has 1 heterocycles. The van der Waals surface area contributed by atoms with E-state index in [0.717, 1.165) is 0 Å². The molecule has 0 radical (unpaired) electrons. The lowest BCUT2D eigenvalue weighted by Gasteiger charge is -2.14. The molecule has 1 atom stereocenters. The Labute approximate surface area is 110 Å². The Morgan fingerprint density at radius 2 is 2.06 bits per heavy atom. The van der Waals surface area contributed by atoms with Crippen molar-refractivity contribution in [2.24, 2.45) is 0 Å². The fraction of sp³-hybridized carbons (Fsp3) is 0.143. The molecule has 0 amide bonds. The highest BCUT2D eigenvalue weighted by molar-refractivity contribution is 6.32. The quantitative estimate of drug-likeness (QED) is 0.792. The van der Waals surface area contributed by atoms with E-state index in [1.165, 1.54) is 6.20 Å². The van der Waals surface area contributed by atoms with E-state index in [0.29, 0.717) is 16.3 Å². The lowest BCUT2D eigenvalue weighted by Crippen LogP contribution is -2.24. The molecule has 4 heteroatoms. The van der Waals surface area contributed by atoms with Crippen LogP contribution >= 0.6 is 11.6 Å². The number of Topliss-reactive ketones (excluding diaryl/α,β-unsaturated/α-hetero) is 1. The highest BCUT2D eigenvalue weighted by Gasteiger charge is 2.17. The van der Waals surface area contributed by atoms with Crippen LogP contribution in [0.2, 0.25) is 5.02 Å². The summed E-state index contributed by atoms with van der Waals surface area (Å²) in [5, 5.41) is 0.489. The number of rotatable bonds is 4. The van der Waals surface area contributed by atoms with Gasteiger partial charge in [0, 0.05) is 18.0 Å². The highest BCUT2D eigenvalue weighted by atomic mass is 35.5. The Morgan fingerprint density at radius 1 is 1.28 bits per heavy atom. The molecule has 92 valence electrons. The van der Waals surface area contributed by atoms with E-state index in [1.807, 2.05) is 12.1 Å². The predicted molar refractivity (Wildman–Crippen MR) is 70.1 cm³/mol. The minimum absolute atomic E-state index is 0.122. The van der Waals surface area contributed by atoms with E-state index in [9.17, 15) is 4.79 Å². The van der Waals surface area contributed by atoms with Crippen molar-refractivity contribution in [3.63, 3.8) is 0 Å². The van der Waals surface area contributed by atoms with Gasteiger partial charge < -0.3 is 4.74 Å². The van der Waals surface area contributed by atoms with Gasteiger partial charge >= 0.3 is 0 Å². The Bertz CT molecular complexity index is 543. The normalized spacial score (nSPS) is 11.9. The highest BCUT2D eigenvalue weighted by Crippen LogP contribution is 2.24. The molecule has 0 aliphatic carbocycles. The van der Waals surface area contributed by atoms with Crippen LogP contribution < -0.4 is 4.74 Å². The van der Waals surface area contributed by atoms with Crippen LogP contribution in [-0.4, -0.2) is 16.9 Å². The molecular formula is C14H12ClNO2. The lowest BCUT2D eigenvalue weighted by molar-refractivity contribution is 0.0818. The molecule has 1 unspecified atom stereocenters. The number of ether oxygens (including phenoxy) is 1. The zero-order valence-electron chi connectivity index (χ0n) is 9.84. The number of benzene rings is 1. The number of carbonyl (C=O) groups is 1. The van der Waals surface area contributed by atoms with Crippen LogP contribution in [0.5, 0.6) is 5.75 Å². The van der Waals surface area contributed by atoms with Crippen molar-refractivity contribution in [1.82, 2.24) is 4.98 Å². The lowest BCUT2D eigenvalue weighted by atomic mass is 10.1. The third-order valence-corrected chi connectivity index (χ3v) is 2.77. The topological polar surface area (TPSA) is 39.2 Å². The molecule has 0 saturated carbocycles. The standard InChI is InChI=1S/C14H12ClNO2/c1-10(14(17)11-5-4-8-16-9-11)18-13-7-3-2-6-12(13)15/h2-10H,1H3. The van der Waals surface area contributed by atoms with Crippen molar-refractivity contribution in [2.75, 3.05) is 0 Å². The molecule has 0 aliphatic rings. The Balaban J connectivity index is 2.11. The minimum Gasteiger partial charge on any atom is -0.481 e. The Hall–Kier alpha value is -1.87. The molecule has 2 aromatic rings. The van der Waals surface area contributed by atoms with Gasteiger partial charge in [-0.05, 0) is 31.2 Å². The van der Waals surface area contributed by atoms with Gasteiger partial charge in [-0.3, -0.25) is 9.78 Å². The fourth-order valence-corrected chi connectivity index (χ4v) is 1.71. The summed E-state index contributed by atoms with van der Waals surface area (Å²) in [6, 6.07) is 10.5. The maximum absolute atomic E-state index is 12.1. The van der Waals surface area contributed by atoms with Crippen LogP contribution in [0.25, 0.3) is 0 Å². The third-order valence-electron chi connectivity index (χ3n) is 2.46. The fourth-order valence-electron chi connectivity index (χ4n) is 1.53. The number of carbonyl (C=O) groups excluding carboxylic acids is 1. The number of para-hydroxylation sites is 1. The number of hydrogen-bond donors (Lipinski definition) is 0. The van der Waals surface area contributed by atoms with Gasteiger partial charge in [-0.1, -0.05) is 23.7 Å². The second-order valence-corrected chi connectivity index (χ2v) is 4.20. The van der Waals surface area contributed by atoms with E-state index in [4.69, 9.17) is 16.3 Å². The number of nitrogens with zero attached hydrogens (tertiary/aromatic N) is 1. The van der Waals surface area contributed by atoms with Gasteiger partial charge in [0.2, 0.25) is 5.78 Å². The van der Waals surface area contributed by atoms with Crippen molar-refractivity contribution >= 4 is 17.4 Å². The molecule has 0 N–H and O–H groups in total. The average Bonchev–Trinajstić information content (AvgIpc) is 2.41. The van der Waals surface area contributed by atoms with Crippen molar-refractivity contribution in [3.05, 3.63) is 59.4 Å². The smallest absolute Gasteiger partial charge is 0.204 e. The Kier molecular flexibility index (Phi) is 3.95. The predicted octanol–water partition coefficient (Wildman–Crippen LogP) is 3.39. The van der Waals surface area contributed by atoms with Crippen LogP contribution in [0.1, 0.15) is 17.3 Å². The largest absolute Gasteiger partial charge is 0.481 e. The molecule has 3 nitrogen and oxygen atoms in total. The van der Waals surface area contributed by atoms with Crippen molar-refractivity contribution < 1.29 is 9.53 Å². The molecule has 0 spiro atoms. The molecule has 1 aromatic carbocycles. The van der Waals surface area contributed by atoms with Crippen LogP contribution in [0.4, 0.5) is 0 Å². The van der Waals surface area contributed by atoms with Gasteiger partial charge in [-0.2, -0.15) is 0 Å². The summed E-state index contributed by atoms with van der Waals surface area (Å²) in [4.78, 5) is 16.0. The molecule has 2 rings (SSSR count). The van der Waals surface area contributed by atoms with Gasteiger partial charge in [0.05, 0.1) is 5.02 Å². The first kappa shape index (κ1) is 12.6. The van der Waals surface area contributed by atoms with Crippen LogP contribution in [-0.2, 0) is 0 Å². The van der Waals surface area contributed by atoms with Crippen LogP contribution in [0.3, 0.4) is 0 Å². The van der Waals surface area contributed by atoms with Gasteiger partial charge in [0.1, 0.15) is 5.75 Å². The Morgan fingerprint density at radius 3 is 2.72 bits per heavy atom. The van der Waals surface area contributed by atoms with Crippen LogP contribution in [0, 0.1) is 0 Å². The zero-order valence-corrected chi connectivity index (χ0v) is 10.6. The molecule has 0 saturated heterocycles. The van der Waals surface area contributed by atoms with Crippen molar-refractivity contribution in [1.29, 1.82) is 0 Å². The van der Waals surface area contributed by atoms with Crippen molar-refractivity contribution in [2.45, 2.75) is 13.0 Å². The maximum Gasteiger partial charge on any atom is 0.204 e. The summed E-state index contributed by atoms with van der Waals surface area (Å²) in [5.74, 6) is 0.381. The van der Waals surface area contributed by atoms with Gasteiger partial charge in [-0.25, -0.2) is 0 Å². The van der Waals surface area contributed by atoms with E-state index in [1.54, 1.807) is 37.4 Å². The molecule has 0 aliphatic heterocycles. The van der Waals surface area contributed by atoms with Crippen LogP contribution in [0.15, 0.2) is 48.8 Å². The second kappa shape index (κ2) is 5.65. The molecular weight excluding hydrogens is 250 g/mol. The first-order chi connectivity index (χ1) is 8.68. The molecule has 18 heavy (non-hydrogen) atoms. The van der Waals surface area contributed by atoms with Gasteiger partial charge in [-0.15, -0.1) is 0 Å². The summed E-state index contributed by atoms with van der Waals surface area (Å²) in [7, 11) is 0. The molecule has 1 aromatic heterocycles. The molecule has 0 fully saturated rings. The number of ketones is 1. The zero-order chi connectivity index (χ0) is 13.0. The summed E-state index contributed by atoms with van der Waals surface area (Å²) in [6.45, 7) is 1.69. The summed E-state index contributed by atoms with van der Waals surface area (Å²) < 4.78 is 5.55. The van der Waals surface area contributed by atoms with E-state index in [-0.39, 0.29) is 5.78 Å². The molecule has 0 bridgehead atoms. The minimum atomic E-state index is -0.603. The average molecular weight is 262 g/mol. The third kappa shape index (κ3) is 2.87. The number of aromatic nitrogens is 1. The second-order valence-electron chi connectivity index (χ2n) is 3.80. The van der Waals surface area contributed by atoms with E-state index < -0.39 is 6.10 Å². The van der Waals surface area contributed by atoms with Gasteiger partial charge in [0.25, 0.3) is 0 Å². The van der Waals surface area contributed by atoms with E-state index >= 15 is 0 Å². The summed E-state index contributed by atoms with van der Waals surface area (Å²) >= 11 is 5.97. The summed E-state index contributed by atoms with van der Waals surface area (Å²) in [6.07, 6.45) is 2.54. The first-order valence-electron chi connectivity index (χ1n) is 5.54. The summed E-state index contributed by atoms with van der Waals surface area (Å²) in [5.41, 5.74) is 0.525. The maximum atomic E-state index is 12.1. The number of halogens is 1. The number of hydrogen-bond acceptors (Lipinski definition) is 3. The number of pyridine rings is 1. The monoisotopic (exact) mass is 261 g/mol. The van der Waals surface area contributed by atoms with E-state index in [2.05, 4.69) is 4.98 Å². The van der Waals surface area contributed by atoms with Crippen molar-refractivity contribution in [3.8, 4) is 5.75 Å². The van der Waals surface area contributed by atoms with Gasteiger partial charge in [0.15, 0.2) is 6.10 Å². The SMILES string of the molecule is CC(Oc1ccccc1Cl)C(=O)c1cccnc1.